The third kappa shape index (κ3) is 4.41. The van der Waals surface area contributed by atoms with Gasteiger partial charge in [-0.25, -0.2) is 10.9 Å². The van der Waals surface area contributed by atoms with Crippen molar-refractivity contribution in [1.29, 1.82) is 0 Å². The topological polar surface area (TPSA) is 96.0 Å². The lowest BCUT2D eigenvalue weighted by molar-refractivity contribution is -0.131. The highest BCUT2D eigenvalue weighted by atomic mass is 16.5. The molecule has 4 unspecified atom stereocenters. The van der Waals surface area contributed by atoms with Crippen LogP contribution in [0.25, 0.3) is 0 Å². The minimum absolute atomic E-state index is 0.00261. The van der Waals surface area contributed by atoms with E-state index in [1.54, 1.807) is 30.6 Å². The second-order valence-electron chi connectivity index (χ2n) is 8.89. The first-order chi connectivity index (χ1) is 17.6. The molecule has 1 aromatic heterocycles. The van der Waals surface area contributed by atoms with Gasteiger partial charge in [0, 0.05) is 30.4 Å². The van der Waals surface area contributed by atoms with Gasteiger partial charge in [-0.15, -0.1) is 0 Å². The fraction of sp³-hybridized carbons (Fsp3) is 0.286. The molecule has 186 valence electrons. The highest BCUT2D eigenvalue weighted by molar-refractivity contribution is 5.86. The van der Waals surface area contributed by atoms with Crippen LogP contribution in [0.2, 0.25) is 0 Å². The Morgan fingerprint density at radius 3 is 2.58 bits per heavy atom. The summed E-state index contributed by atoms with van der Waals surface area (Å²) in [5.74, 6) is 1.26. The molecule has 0 bridgehead atoms. The SMILES string of the molecule is C=CCOc1ccc(C2C3C(NNC3c3ccccc3O)C(=O)N2Cc2ccncc2)cc1OCC. The van der Waals surface area contributed by atoms with Crippen LogP contribution in [-0.4, -0.2) is 40.2 Å². The summed E-state index contributed by atoms with van der Waals surface area (Å²) in [6.45, 7) is 6.93. The molecule has 1 amide bonds. The number of ether oxygens (including phenoxy) is 2. The molecule has 5 rings (SSSR count). The van der Waals surface area contributed by atoms with E-state index in [4.69, 9.17) is 9.47 Å². The molecule has 4 atom stereocenters. The molecule has 2 aliphatic rings. The van der Waals surface area contributed by atoms with Crippen molar-refractivity contribution in [2.45, 2.75) is 31.6 Å². The van der Waals surface area contributed by atoms with E-state index in [0.717, 1.165) is 16.7 Å². The number of amides is 1. The average Bonchev–Trinajstić information content (AvgIpc) is 3.43. The maximum absolute atomic E-state index is 13.7. The van der Waals surface area contributed by atoms with Crippen molar-refractivity contribution in [2.24, 2.45) is 5.92 Å². The minimum Gasteiger partial charge on any atom is -0.508 e. The van der Waals surface area contributed by atoms with E-state index in [1.807, 2.05) is 54.3 Å². The van der Waals surface area contributed by atoms with Gasteiger partial charge in [0.2, 0.25) is 5.91 Å². The van der Waals surface area contributed by atoms with E-state index in [0.29, 0.717) is 31.3 Å². The zero-order valence-electron chi connectivity index (χ0n) is 20.1. The van der Waals surface area contributed by atoms with E-state index < -0.39 is 6.04 Å². The van der Waals surface area contributed by atoms with Crippen LogP contribution in [0.3, 0.4) is 0 Å². The van der Waals surface area contributed by atoms with Crippen molar-refractivity contribution < 1.29 is 19.4 Å². The number of hydrogen-bond donors (Lipinski definition) is 3. The Kier molecular flexibility index (Phi) is 6.88. The lowest BCUT2D eigenvalue weighted by Gasteiger charge is -2.32. The maximum Gasteiger partial charge on any atom is 0.242 e. The van der Waals surface area contributed by atoms with Crippen molar-refractivity contribution in [3.05, 3.63) is 96.3 Å². The molecule has 0 aliphatic carbocycles. The molecule has 3 heterocycles. The molecule has 2 fully saturated rings. The second-order valence-corrected chi connectivity index (χ2v) is 8.89. The largest absolute Gasteiger partial charge is 0.508 e. The van der Waals surface area contributed by atoms with E-state index in [-0.39, 0.29) is 29.7 Å². The number of aromatic hydroxyl groups is 1. The molecule has 3 aromatic rings. The van der Waals surface area contributed by atoms with Crippen LogP contribution in [-0.2, 0) is 11.3 Å². The number of phenols is 1. The third-order valence-corrected chi connectivity index (χ3v) is 6.75. The van der Waals surface area contributed by atoms with E-state index >= 15 is 0 Å². The van der Waals surface area contributed by atoms with Crippen LogP contribution >= 0.6 is 0 Å². The Labute approximate surface area is 210 Å². The van der Waals surface area contributed by atoms with Gasteiger partial charge < -0.3 is 19.5 Å². The average molecular weight is 487 g/mol. The number of rotatable bonds is 9. The van der Waals surface area contributed by atoms with Gasteiger partial charge in [-0.2, -0.15) is 0 Å². The summed E-state index contributed by atoms with van der Waals surface area (Å²) in [6, 6.07) is 15.9. The molecule has 8 heteroatoms. The Morgan fingerprint density at radius 2 is 1.83 bits per heavy atom. The summed E-state index contributed by atoms with van der Waals surface area (Å²) in [6.07, 6.45) is 5.15. The summed E-state index contributed by atoms with van der Waals surface area (Å²) in [5.41, 5.74) is 9.16. The number of nitrogens with zero attached hydrogens (tertiary/aromatic N) is 2. The van der Waals surface area contributed by atoms with Gasteiger partial charge in [-0.05, 0) is 48.4 Å². The van der Waals surface area contributed by atoms with Gasteiger partial charge in [-0.3, -0.25) is 9.78 Å². The standard InChI is InChI=1S/C28H30N4O4/c1-3-15-36-22-10-9-19(16-23(22)35-4-2)27-24-25(20-7-5-6-8-21(20)33)30-31-26(24)28(34)32(27)17-18-11-13-29-14-12-18/h3,5-14,16,24-27,30-31,33H,1,4,15,17H2,2H3. The molecular weight excluding hydrogens is 456 g/mol. The first kappa shape index (κ1) is 23.8. The van der Waals surface area contributed by atoms with E-state index in [9.17, 15) is 9.90 Å². The number of para-hydroxylation sites is 1. The summed E-state index contributed by atoms with van der Waals surface area (Å²) in [5, 5.41) is 10.6. The number of carbonyl (C=O) groups excluding carboxylic acids is 1. The molecule has 8 nitrogen and oxygen atoms in total. The van der Waals surface area contributed by atoms with Crippen LogP contribution in [0, 0.1) is 5.92 Å². The van der Waals surface area contributed by atoms with E-state index in [2.05, 4.69) is 22.4 Å². The fourth-order valence-electron chi connectivity index (χ4n) is 5.22. The molecule has 0 radical (unpaired) electrons. The Bertz CT molecular complexity index is 1240. The third-order valence-electron chi connectivity index (χ3n) is 6.75. The van der Waals surface area contributed by atoms with Gasteiger partial charge in [-0.1, -0.05) is 36.9 Å². The van der Waals surface area contributed by atoms with Crippen molar-refractivity contribution >= 4 is 5.91 Å². The highest BCUT2D eigenvalue weighted by Gasteiger charge is 2.55. The van der Waals surface area contributed by atoms with Gasteiger partial charge in [0.05, 0.1) is 18.7 Å². The molecule has 2 saturated heterocycles. The molecule has 0 spiro atoms. The van der Waals surface area contributed by atoms with Gasteiger partial charge >= 0.3 is 0 Å². The van der Waals surface area contributed by atoms with Crippen molar-refractivity contribution in [2.75, 3.05) is 13.2 Å². The summed E-state index contributed by atoms with van der Waals surface area (Å²) in [4.78, 5) is 19.7. The number of aromatic nitrogens is 1. The number of phenolic OH excluding ortho intramolecular Hbond substituents is 1. The number of nitrogens with one attached hydrogen (secondary N) is 2. The van der Waals surface area contributed by atoms with Gasteiger partial charge in [0.25, 0.3) is 0 Å². The summed E-state index contributed by atoms with van der Waals surface area (Å²) < 4.78 is 11.7. The zero-order chi connectivity index (χ0) is 25.1. The first-order valence-electron chi connectivity index (χ1n) is 12.1. The van der Waals surface area contributed by atoms with Crippen LogP contribution < -0.4 is 20.3 Å². The number of carbonyl (C=O) groups is 1. The second kappa shape index (κ2) is 10.4. The number of likely N-dealkylation sites (tertiary alicyclic amines) is 1. The quantitative estimate of drug-likeness (QED) is 0.397. The molecule has 0 saturated carbocycles. The van der Waals surface area contributed by atoms with Crippen LogP contribution in [0.5, 0.6) is 17.2 Å². The number of hydrogen-bond acceptors (Lipinski definition) is 7. The molecule has 36 heavy (non-hydrogen) atoms. The Hall–Kier alpha value is -3.88. The van der Waals surface area contributed by atoms with Crippen molar-refractivity contribution in [3.8, 4) is 17.2 Å². The fourth-order valence-corrected chi connectivity index (χ4v) is 5.22. The van der Waals surface area contributed by atoms with Gasteiger partial charge in [0.1, 0.15) is 18.4 Å². The van der Waals surface area contributed by atoms with Crippen molar-refractivity contribution in [3.63, 3.8) is 0 Å². The monoisotopic (exact) mass is 486 g/mol. The van der Waals surface area contributed by atoms with Crippen LogP contribution in [0.1, 0.15) is 35.7 Å². The molecular formula is C28H30N4O4. The first-order valence-corrected chi connectivity index (χ1v) is 12.1. The lowest BCUT2D eigenvalue weighted by atomic mass is 9.83. The number of benzene rings is 2. The predicted octanol–water partition coefficient (Wildman–Crippen LogP) is 3.67. The van der Waals surface area contributed by atoms with Crippen molar-refractivity contribution in [1.82, 2.24) is 20.7 Å². The number of fused-ring (bicyclic) bond motifs is 1. The molecule has 2 aromatic carbocycles. The molecule has 2 aliphatic heterocycles. The van der Waals surface area contributed by atoms with Gasteiger partial charge in [0.15, 0.2) is 11.5 Å². The maximum atomic E-state index is 13.7. The minimum atomic E-state index is -0.450. The predicted molar refractivity (Wildman–Crippen MR) is 135 cm³/mol. The smallest absolute Gasteiger partial charge is 0.242 e. The normalized spacial score (nSPS) is 22.9. The number of pyridine rings is 1. The Balaban J connectivity index is 1.59. The summed E-state index contributed by atoms with van der Waals surface area (Å²) >= 11 is 0. The van der Waals surface area contributed by atoms with Crippen LogP contribution in [0.4, 0.5) is 0 Å². The molecule has 3 N–H and O–H groups in total. The number of hydrazine groups is 1. The Morgan fingerprint density at radius 1 is 1.06 bits per heavy atom. The summed E-state index contributed by atoms with van der Waals surface area (Å²) in [7, 11) is 0. The van der Waals surface area contributed by atoms with Crippen LogP contribution in [0.15, 0.2) is 79.6 Å². The van der Waals surface area contributed by atoms with E-state index in [1.165, 1.54) is 0 Å². The highest BCUT2D eigenvalue weighted by Crippen LogP contribution is 2.50. The lowest BCUT2D eigenvalue weighted by Crippen LogP contribution is -2.41. The zero-order valence-corrected chi connectivity index (χ0v) is 20.1.